The summed E-state index contributed by atoms with van der Waals surface area (Å²) in [5, 5.41) is 3.36. The van der Waals surface area contributed by atoms with Gasteiger partial charge in [0.05, 0.1) is 19.4 Å². The zero-order chi connectivity index (χ0) is 14.2. The fourth-order valence-corrected chi connectivity index (χ4v) is 2.37. The van der Waals surface area contributed by atoms with E-state index in [0.29, 0.717) is 18.3 Å². The van der Waals surface area contributed by atoms with E-state index in [9.17, 15) is 13.2 Å². The van der Waals surface area contributed by atoms with Crippen LogP contribution in [0.4, 0.5) is 13.2 Å². The molecule has 0 spiro atoms. The number of furan rings is 1. The number of alkyl halides is 3. The van der Waals surface area contributed by atoms with Gasteiger partial charge in [-0.3, -0.25) is 4.90 Å². The summed E-state index contributed by atoms with van der Waals surface area (Å²) in [7, 11) is 0. The van der Waals surface area contributed by atoms with Crippen molar-refractivity contribution in [2.75, 3.05) is 6.54 Å². The molecule has 0 aliphatic heterocycles. The summed E-state index contributed by atoms with van der Waals surface area (Å²) in [5.74, 6) is 0.661. The number of hydrogen-bond acceptors (Lipinski definition) is 3. The Labute approximate surface area is 116 Å². The third-order valence-electron chi connectivity index (χ3n) is 3.79. The molecule has 2 aliphatic carbocycles. The summed E-state index contributed by atoms with van der Waals surface area (Å²) in [6.07, 6.45) is 1.50. The lowest BCUT2D eigenvalue weighted by molar-refractivity contribution is -0.148. The average molecular weight is 288 g/mol. The molecule has 6 heteroatoms. The highest BCUT2D eigenvalue weighted by Crippen LogP contribution is 2.32. The number of nitrogens with zero attached hydrogens (tertiary/aromatic N) is 1. The van der Waals surface area contributed by atoms with Crippen LogP contribution in [0.15, 0.2) is 16.7 Å². The molecule has 2 aliphatic rings. The third kappa shape index (κ3) is 3.99. The van der Waals surface area contributed by atoms with E-state index in [1.807, 2.05) is 6.07 Å². The first kappa shape index (κ1) is 13.9. The van der Waals surface area contributed by atoms with Gasteiger partial charge in [-0.05, 0) is 31.7 Å². The number of halogens is 3. The Bertz CT molecular complexity index is 450. The van der Waals surface area contributed by atoms with Crippen LogP contribution in [0.25, 0.3) is 0 Å². The van der Waals surface area contributed by atoms with Gasteiger partial charge in [0.2, 0.25) is 0 Å². The van der Waals surface area contributed by atoms with Crippen LogP contribution in [0.5, 0.6) is 0 Å². The monoisotopic (exact) mass is 288 g/mol. The van der Waals surface area contributed by atoms with Gasteiger partial charge in [0, 0.05) is 24.2 Å². The van der Waals surface area contributed by atoms with E-state index in [1.54, 1.807) is 6.26 Å². The second-order valence-electron chi connectivity index (χ2n) is 5.78. The Morgan fingerprint density at radius 3 is 2.60 bits per heavy atom. The lowest BCUT2D eigenvalue weighted by Gasteiger charge is -2.22. The van der Waals surface area contributed by atoms with Crippen LogP contribution < -0.4 is 5.32 Å². The molecule has 1 N–H and O–H groups in total. The van der Waals surface area contributed by atoms with Gasteiger partial charge in [0.1, 0.15) is 5.76 Å². The third-order valence-corrected chi connectivity index (χ3v) is 3.79. The zero-order valence-corrected chi connectivity index (χ0v) is 11.2. The summed E-state index contributed by atoms with van der Waals surface area (Å²) in [5.41, 5.74) is 0.977. The summed E-state index contributed by atoms with van der Waals surface area (Å²) in [6.45, 7) is 0.0771. The first-order valence-corrected chi connectivity index (χ1v) is 7.11. The van der Waals surface area contributed by atoms with Gasteiger partial charge in [-0.1, -0.05) is 0 Å². The van der Waals surface area contributed by atoms with E-state index >= 15 is 0 Å². The smallest absolute Gasteiger partial charge is 0.401 e. The molecule has 2 saturated carbocycles. The van der Waals surface area contributed by atoms with Crippen LogP contribution in [-0.2, 0) is 13.1 Å². The summed E-state index contributed by atoms with van der Waals surface area (Å²) in [4.78, 5) is 1.49. The van der Waals surface area contributed by atoms with Crippen LogP contribution in [0, 0.1) is 0 Å². The molecule has 0 saturated heterocycles. The number of hydrogen-bond donors (Lipinski definition) is 1. The summed E-state index contributed by atoms with van der Waals surface area (Å²) >= 11 is 0. The Balaban J connectivity index is 1.60. The molecule has 1 aromatic rings. The first-order chi connectivity index (χ1) is 9.51. The fourth-order valence-electron chi connectivity index (χ4n) is 2.37. The van der Waals surface area contributed by atoms with Crippen molar-refractivity contribution in [3.8, 4) is 0 Å². The van der Waals surface area contributed by atoms with E-state index in [0.717, 1.165) is 18.4 Å². The van der Waals surface area contributed by atoms with Crippen molar-refractivity contribution >= 4 is 0 Å². The van der Waals surface area contributed by atoms with Crippen LogP contribution in [0.1, 0.15) is 37.0 Å². The Kier molecular flexibility index (Phi) is 3.77. The summed E-state index contributed by atoms with van der Waals surface area (Å²) in [6, 6.07) is 2.49. The minimum absolute atomic E-state index is 0.0611. The molecule has 1 heterocycles. The van der Waals surface area contributed by atoms with E-state index < -0.39 is 12.7 Å². The van der Waals surface area contributed by atoms with Crippen LogP contribution in [0.2, 0.25) is 0 Å². The molecule has 112 valence electrons. The number of nitrogens with one attached hydrogen (secondary N) is 1. The fraction of sp³-hybridized carbons (Fsp3) is 0.714. The second kappa shape index (κ2) is 5.41. The van der Waals surface area contributed by atoms with Crippen molar-refractivity contribution < 1.29 is 17.6 Å². The van der Waals surface area contributed by atoms with E-state index in [-0.39, 0.29) is 12.6 Å². The molecule has 3 rings (SSSR count). The van der Waals surface area contributed by atoms with Crippen LogP contribution in [0.3, 0.4) is 0 Å². The van der Waals surface area contributed by atoms with Crippen molar-refractivity contribution in [3.63, 3.8) is 0 Å². The van der Waals surface area contributed by atoms with Crippen LogP contribution in [-0.4, -0.2) is 29.7 Å². The normalized spacial score (nSPS) is 19.8. The largest absolute Gasteiger partial charge is 0.468 e. The van der Waals surface area contributed by atoms with Gasteiger partial charge in [-0.2, -0.15) is 13.2 Å². The maximum Gasteiger partial charge on any atom is 0.401 e. The maximum atomic E-state index is 12.6. The van der Waals surface area contributed by atoms with E-state index in [1.165, 1.54) is 17.7 Å². The molecule has 3 nitrogen and oxygen atoms in total. The van der Waals surface area contributed by atoms with Gasteiger partial charge in [-0.15, -0.1) is 0 Å². The van der Waals surface area contributed by atoms with Gasteiger partial charge >= 0.3 is 6.18 Å². The lowest BCUT2D eigenvalue weighted by atomic mass is 10.2. The van der Waals surface area contributed by atoms with Gasteiger partial charge < -0.3 is 9.73 Å². The Morgan fingerprint density at radius 2 is 2.00 bits per heavy atom. The van der Waals surface area contributed by atoms with Crippen molar-refractivity contribution in [1.82, 2.24) is 10.2 Å². The zero-order valence-electron chi connectivity index (χ0n) is 11.2. The molecule has 20 heavy (non-hydrogen) atoms. The number of rotatable bonds is 7. The predicted molar refractivity (Wildman–Crippen MR) is 68.1 cm³/mol. The predicted octanol–water partition coefficient (Wildman–Crippen LogP) is 3.06. The lowest BCUT2D eigenvalue weighted by Crippen LogP contribution is -2.35. The first-order valence-electron chi connectivity index (χ1n) is 7.11. The van der Waals surface area contributed by atoms with E-state index in [4.69, 9.17) is 4.42 Å². The Morgan fingerprint density at radius 1 is 1.25 bits per heavy atom. The molecular weight excluding hydrogens is 269 g/mol. The van der Waals surface area contributed by atoms with Crippen molar-refractivity contribution in [2.45, 2.75) is 57.0 Å². The quantitative estimate of drug-likeness (QED) is 0.836. The average Bonchev–Trinajstić information content (AvgIpc) is 3.24. The molecule has 1 aromatic heterocycles. The topological polar surface area (TPSA) is 28.4 Å². The molecule has 0 unspecified atom stereocenters. The van der Waals surface area contributed by atoms with Crippen molar-refractivity contribution in [3.05, 3.63) is 23.7 Å². The molecule has 2 fully saturated rings. The molecule has 0 aromatic carbocycles. The molecule has 0 bridgehead atoms. The Hall–Kier alpha value is -1.01. The standard InChI is InChI=1S/C14H19F3N2O/c15-14(16,17)9-19(12-3-4-12)8-13-10(5-6-20-13)7-18-11-1-2-11/h5-6,11-12,18H,1-4,7-9H2. The maximum absolute atomic E-state index is 12.6. The molecular formula is C14H19F3N2O. The molecule has 0 radical (unpaired) electrons. The second-order valence-corrected chi connectivity index (χ2v) is 5.78. The molecule has 0 amide bonds. The molecule has 0 atom stereocenters. The van der Waals surface area contributed by atoms with E-state index in [2.05, 4.69) is 5.32 Å². The van der Waals surface area contributed by atoms with Gasteiger partial charge in [0.15, 0.2) is 0 Å². The highest BCUT2D eigenvalue weighted by molar-refractivity contribution is 5.17. The minimum Gasteiger partial charge on any atom is -0.468 e. The van der Waals surface area contributed by atoms with Crippen molar-refractivity contribution in [2.24, 2.45) is 0 Å². The minimum atomic E-state index is -4.15. The SMILES string of the molecule is FC(F)(F)CN(Cc1occc1CNC1CC1)C1CC1. The van der Waals surface area contributed by atoms with Crippen LogP contribution >= 0.6 is 0 Å². The highest BCUT2D eigenvalue weighted by Gasteiger charge is 2.38. The van der Waals surface area contributed by atoms with Crippen molar-refractivity contribution in [1.29, 1.82) is 0 Å². The summed E-state index contributed by atoms with van der Waals surface area (Å²) < 4.78 is 43.2. The van der Waals surface area contributed by atoms with Gasteiger partial charge in [0.25, 0.3) is 0 Å². The van der Waals surface area contributed by atoms with Gasteiger partial charge in [-0.25, -0.2) is 0 Å². The highest BCUT2D eigenvalue weighted by atomic mass is 19.4.